The fourth-order valence-electron chi connectivity index (χ4n) is 2.65. The Morgan fingerprint density at radius 3 is 2.18 bits per heavy atom. The average molecular weight is 398 g/mol. The van der Waals surface area contributed by atoms with Crippen molar-refractivity contribution in [1.82, 2.24) is 0 Å². The molecule has 0 bridgehead atoms. The number of carbonyl (C=O) groups is 1. The zero-order chi connectivity index (χ0) is 20.4. The number of esters is 1. The van der Waals surface area contributed by atoms with Gasteiger partial charge in [0.15, 0.2) is 8.32 Å². The van der Waals surface area contributed by atoms with Crippen molar-refractivity contribution in [3.8, 4) is 17.6 Å². The van der Waals surface area contributed by atoms with Gasteiger partial charge in [0, 0.05) is 0 Å². The summed E-state index contributed by atoms with van der Waals surface area (Å²) in [6, 6.07) is 16.2. The molecule has 5 nitrogen and oxygen atoms in total. The fourth-order valence-corrected chi connectivity index (χ4v) is 3.77. The maximum Gasteiger partial charge on any atom is 0.343 e. The summed E-state index contributed by atoms with van der Waals surface area (Å²) in [6.45, 7) is 4.58. The van der Waals surface area contributed by atoms with E-state index in [4.69, 9.17) is 14.7 Å². The second-order valence-corrected chi connectivity index (χ2v) is 11.5. The Kier molecular flexibility index (Phi) is 8.24. The highest BCUT2D eigenvalue weighted by Crippen LogP contribution is 2.17. The van der Waals surface area contributed by atoms with Gasteiger partial charge in [0.1, 0.15) is 11.5 Å². The molecule has 2 aromatic carbocycles. The lowest BCUT2D eigenvalue weighted by atomic mass is 10.2. The number of carbonyl (C=O) groups excluding carboxylic acids is 1. The maximum absolute atomic E-state index is 12.2. The van der Waals surface area contributed by atoms with E-state index >= 15 is 0 Å². The topological polar surface area (TPSA) is 79.6 Å². The predicted molar refractivity (Wildman–Crippen MR) is 111 cm³/mol. The van der Waals surface area contributed by atoms with Crippen molar-refractivity contribution in [2.24, 2.45) is 0 Å². The minimum absolute atomic E-state index is 0.400. The molecule has 148 valence electrons. The first kappa shape index (κ1) is 21.7. The van der Waals surface area contributed by atoms with Gasteiger partial charge in [-0.05, 0) is 74.1 Å². The first-order valence-electron chi connectivity index (χ1n) is 9.55. The first-order valence-corrected chi connectivity index (χ1v) is 12.7. The first-order chi connectivity index (χ1) is 13.4. The van der Waals surface area contributed by atoms with E-state index in [0.29, 0.717) is 23.5 Å². The maximum atomic E-state index is 12.2. The van der Waals surface area contributed by atoms with Gasteiger partial charge in [-0.25, -0.2) is 4.79 Å². The minimum atomic E-state index is -1.90. The van der Waals surface area contributed by atoms with E-state index in [0.717, 1.165) is 37.5 Å². The number of hydrogen-bond acceptors (Lipinski definition) is 5. The van der Waals surface area contributed by atoms with Crippen LogP contribution < -0.4 is 9.47 Å². The highest BCUT2D eigenvalue weighted by atomic mass is 28.4. The van der Waals surface area contributed by atoms with Crippen LogP contribution in [0.1, 0.15) is 41.6 Å². The number of nitrogens with zero attached hydrogens (tertiary/aromatic N) is 1. The Labute approximate surface area is 167 Å². The van der Waals surface area contributed by atoms with E-state index < -0.39 is 14.3 Å². The molecule has 2 aromatic rings. The zero-order valence-electron chi connectivity index (χ0n) is 16.5. The molecule has 1 N–H and O–H groups in total. The summed E-state index contributed by atoms with van der Waals surface area (Å²) in [5.41, 5.74) is 0.952. The molecule has 28 heavy (non-hydrogen) atoms. The van der Waals surface area contributed by atoms with Gasteiger partial charge in [-0.3, -0.25) is 0 Å². The number of benzene rings is 2. The number of nitriles is 1. The van der Waals surface area contributed by atoms with Crippen LogP contribution in [0.2, 0.25) is 19.1 Å². The Hall–Kier alpha value is -2.62. The molecule has 0 unspecified atom stereocenters. The molecule has 0 atom stereocenters. The van der Waals surface area contributed by atoms with E-state index in [-0.39, 0.29) is 0 Å². The van der Waals surface area contributed by atoms with E-state index in [2.05, 4.69) is 0 Å². The summed E-state index contributed by atoms with van der Waals surface area (Å²) < 4.78 is 11.0. The quantitative estimate of drug-likeness (QED) is 0.267. The van der Waals surface area contributed by atoms with Crippen LogP contribution in [0.25, 0.3) is 0 Å². The molecule has 0 aliphatic carbocycles. The molecule has 6 heteroatoms. The molecule has 0 aliphatic heterocycles. The summed E-state index contributed by atoms with van der Waals surface area (Å²) in [7, 11) is -1.90. The van der Waals surface area contributed by atoms with Crippen LogP contribution >= 0.6 is 0 Å². The zero-order valence-corrected chi connectivity index (χ0v) is 17.5. The third-order valence-corrected chi connectivity index (χ3v) is 5.81. The van der Waals surface area contributed by atoms with Gasteiger partial charge in [-0.1, -0.05) is 19.3 Å². The van der Waals surface area contributed by atoms with Crippen LogP contribution in [0, 0.1) is 11.3 Å². The van der Waals surface area contributed by atoms with Crippen LogP contribution in [-0.2, 0) is 0 Å². The number of hydrogen-bond donors (Lipinski definition) is 1. The normalized spacial score (nSPS) is 10.9. The highest BCUT2D eigenvalue weighted by molar-refractivity contribution is 6.69. The van der Waals surface area contributed by atoms with Crippen molar-refractivity contribution in [2.45, 2.75) is 44.8 Å². The van der Waals surface area contributed by atoms with Gasteiger partial charge in [0.05, 0.1) is 23.8 Å². The average Bonchev–Trinajstić information content (AvgIpc) is 2.67. The van der Waals surface area contributed by atoms with Gasteiger partial charge in [0.25, 0.3) is 0 Å². The number of unbranched alkanes of at least 4 members (excludes halogenated alkanes) is 3. The molecule has 0 spiro atoms. The molecule has 0 radical (unpaired) electrons. The third kappa shape index (κ3) is 7.95. The van der Waals surface area contributed by atoms with E-state index in [1.807, 2.05) is 19.2 Å². The van der Waals surface area contributed by atoms with Crippen LogP contribution in [-0.4, -0.2) is 25.7 Å². The van der Waals surface area contributed by atoms with Crippen molar-refractivity contribution < 1.29 is 19.1 Å². The molecule has 0 heterocycles. The summed E-state index contributed by atoms with van der Waals surface area (Å²) >= 11 is 0. The van der Waals surface area contributed by atoms with Gasteiger partial charge in [0.2, 0.25) is 0 Å². The number of rotatable bonds is 10. The monoisotopic (exact) mass is 397 g/mol. The fraction of sp³-hybridized carbons (Fsp3) is 0.364. The number of ether oxygens (including phenoxy) is 2. The van der Waals surface area contributed by atoms with Crippen molar-refractivity contribution in [3.63, 3.8) is 0 Å². The summed E-state index contributed by atoms with van der Waals surface area (Å²) in [5.74, 6) is 0.669. The molecule has 0 aliphatic rings. The third-order valence-electron chi connectivity index (χ3n) is 4.24. The second-order valence-electron chi connectivity index (χ2n) is 7.38. The second kappa shape index (κ2) is 10.6. The van der Waals surface area contributed by atoms with Crippen molar-refractivity contribution in [2.75, 3.05) is 6.61 Å². The van der Waals surface area contributed by atoms with Crippen LogP contribution in [0.15, 0.2) is 48.5 Å². The Morgan fingerprint density at radius 2 is 1.57 bits per heavy atom. The van der Waals surface area contributed by atoms with Gasteiger partial charge < -0.3 is 14.3 Å². The molecular formula is C22H27NO4Si. The molecule has 0 amide bonds. The molecular weight excluding hydrogens is 370 g/mol. The Bertz CT molecular complexity index is 789. The van der Waals surface area contributed by atoms with E-state index in [1.54, 1.807) is 48.5 Å². The molecule has 0 saturated heterocycles. The minimum Gasteiger partial charge on any atom is -0.494 e. The SMILES string of the molecule is C[Si](C)(O)CCCCCCOc1ccc(C(=O)Oc2ccc(C#N)cc2)cc1. The summed E-state index contributed by atoms with van der Waals surface area (Å²) in [6.07, 6.45) is 4.24. The lowest BCUT2D eigenvalue weighted by Gasteiger charge is -2.13. The van der Waals surface area contributed by atoms with E-state index in [1.165, 1.54) is 0 Å². The molecule has 0 saturated carbocycles. The molecule has 2 rings (SSSR count). The lowest BCUT2D eigenvalue weighted by molar-refractivity contribution is 0.0734. The Balaban J connectivity index is 1.70. The van der Waals surface area contributed by atoms with Crippen molar-refractivity contribution >= 4 is 14.3 Å². The van der Waals surface area contributed by atoms with Crippen LogP contribution in [0.3, 0.4) is 0 Å². The molecule has 0 fully saturated rings. The predicted octanol–water partition coefficient (Wildman–Crippen LogP) is 4.91. The lowest BCUT2D eigenvalue weighted by Crippen LogP contribution is -2.23. The van der Waals surface area contributed by atoms with Crippen molar-refractivity contribution in [1.29, 1.82) is 5.26 Å². The Morgan fingerprint density at radius 1 is 0.964 bits per heavy atom. The van der Waals surface area contributed by atoms with Crippen LogP contribution in [0.5, 0.6) is 11.5 Å². The van der Waals surface area contributed by atoms with Gasteiger partial charge >= 0.3 is 5.97 Å². The van der Waals surface area contributed by atoms with Crippen molar-refractivity contribution in [3.05, 3.63) is 59.7 Å². The van der Waals surface area contributed by atoms with Gasteiger partial charge in [-0.2, -0.15) is 5.26 Å². The van der Waals surface area contributed by atoms with E-state index in [9.17, 15) is 9.59 Å². The summed E-state index contributed by atoms with van der Waals surface area (Å²) in [5, 5.41) is 8.78. The standard InChI is InChI=1S/C22H27NO4Si/c1-28(2,25)16-6-4-3-5-15-26-20-13-9-19(10-14-20)22(24)27-21-11-7-18(17-23)8-12-21/h7-14,25H,3-6,15-16H2,1-2H3. The largest absolute Gasteiger partial charge is 0.494 e. The molecule has 0 aromatic heterocycles. The van der Waals surface area contributed by atoms with Gasteiger partial charge in [-0.15, -0.1) is 0 Å². The summed E-state index contributed by atoms with van der Waals surface area (Å²) in [4.78, 5) is 22.0. The van der Waals surface area contributed by atoms with Crippen LogP contribution in [0.4, 0.5) is 0 Å². The smallest absolute Gasteiger partial charge is 0.343 e. The highest BCUT2D eigenvalue weighted by Gasteiger charge is 2.15.